The minimum atomic E-state index is -3.67. The van der Waals surface area contributed by atoms with Gasteiger partial charge in [0.15, 0.2) is 0 Å². The molecular formula is C20H27N3O6S. The molecule has 3 rings (SSSR count). The molecule has 2 aromatic rings. The van der Waals surface area contributed by atoms with Crippen LogP contribution >= 0.6 is 0 Å². The minimum absolute atomic E-state index is 0.00696. The summed E-state index contributed by atoms with van der Waals surface area (Å²) in [6.07, 6.45) is 0.824. The van der Waals surface area contributed by atoms with Crippen LogP contribution in [0, 0.1) is 0 Å². The van der Waals surface area contributed by atoms with E-state index in [-0.39, 0.29) is 22.3 Å². The molecule has 1 fully saturated rings. The number of likely N-dealkylation sites (tertiary alicyclic amines) is 1. The number of hydrogen-bond donors (Lipinski definition) is 0. The molecule has 0 radical (unpaired) electrons. The van der Waals surface area contributed by atoms with Crippen LogP contribution in [0.5, 0.6) is 0 Å². The number of nitrogens with zero attached hydrogens (tertiary/aromatic N) is 3. The van der Waals surface area contributed by atoms with E-state index in [9.17, 15) is 18.0 Å². The Morgan fingerprint density at radius 2 is 1.87 bits per heavy atom. The van der Waals surface area contributed by atoms with Crippen LogP contribution in [0.15, 0.2) is 32.3 Å². The molecular weight excluding hydrogens is 410 g/mol. The fraction of sp³-hybridized carbons (Fsp3) is 0.550. The molecule has 0 atom stereocenters. The summed E-state index contributed by atoms with van der Waals surface area (Å²) >= 11 is 0. The van der Waals surface area contributed by atoms with Crippen molar-refractivity contribution in [2.75, 3.05) is 27.2 Å². The molecule has 0 aliphatic carbocycles. The lowest BCUT2D eigenvalue weighted by atomic mass is 9.97. The lowest BCUT2D eigenvalue weighted by Gasteiger charge is -2.32. The summed E-state index contributed by atoms with van der Waals surface area (Å²) in [4.78, 5) is 30.8. The summed E-state index contributed by atoms with van der Waals surface area (Å²) < 4.78 is 36.5. The molecule has 164 valence electrons. The number of fused-ring (bicyclic) bond motifs is 1. The molecule has 30 heavy (non-hydrogen) atoms. The van der Waals surface area contributed by atoms with Crippen molar-refractivity contribution in [2.45, 2.75) is 50.0 Å². The van der Waals surface area contributed by atoms with Crippen molar-refractivity contribution in [3.63, 3.8) is 0 Å². The molecule has 1 aliphatic rings. The SMILES string of the molecule is CN(C)S(=O)(=O)c1ccc2nc(C3CCN(C(=O)OC(C)(C)C)CC3)oc(=O)c2c1. The number of benzene rings is 1. The topological polar surface area (TPSA) is 110 Å². The maximum Gasteiger partial charge on any atom is 0.410 e. The molecule has 1 amide bonds. The molecule has 1 aliphatic heterocycles. The second kappa shape index (κ2) is 7.99. The Morgan fingerprint density at radius 3 is 2.43 bits per heavy atom. The largest absolute Gasteiger partial charge is 0.444 e. The van der Waals surface area contributed by atoms with Crippen LogP contribution in [0.3, 0.4) is 0 Å². The Balaban J connectivity index is 1.80. The molecule has 1 aromatic carbocycles. The molecule has 10 heteroatoms. The van der Waals surface area contributed by atoms with Gasteiger partial charge < -0.3 is 14.1 Å². The number of amides is 1. The lowest BCUT2D eigenvalue weighted by molar-refractivity contribution is 0.0198. The zero-order valence-corrected chi connectivity index (χ0v) is 18.7. The Kier molecular flexibility index (Phi) is 5.92. The van der Waals surface area contributed by atoms with Crippen molar-refractivity contribution in [3.8, 4) is 0 Å². The molecule has 2 heterocycles. The van der Waals surface area contributed by atoms with Crippen LogP contribution < -0.4 is 5.63 Å². The highest BCUT2D eigenvalue weighted by Crippen LogP contribution is 2.28. The van der Waals surface area contributed by atoms with Crippen LogP contribution in [0.2, 0.25) is 0 Å². The Labute approximate surface area is 175 Å². The van der Waals surface area contributed by atoms with Crippen LogP contribution in [-0.4, -0.2) is 61.5 Å². The molecule has 0 unspecified atom stereocenters. The monoisotopic (exact) mass is 437 g/mol. The van der Waals surface area contributed by atoms with Crippen LogP contribution in [-0.2, 0) is 14.8 Å². The van der Waals surface area contributed by atoms with Gasteiger partial charge >= 0.3 is 11.7 Å². The summed E-state index contributed by atoms with van der Waals surface area (Å²) in [5.74, 6) is 0.200. The van der Waals surface area contributed by atoms with Crippen molar-refractivity contribution in [2.24, 2.45) is 0 Å². The average molecular weight is 438 g/mol. The quantitative estimate of drug-likeness (QED) is 0.726. The molecule has 0 saturated carbocycles. The number of aromatic nitrogens is 1. The summed E-state index contributed by atoms with van der Waals surface area (Å²) in [6.45, 7) is 6.41. The second-order valence-corrected chi connectivity index (χ2v) is 10.7. The second-order valence-electron chi connectivity index (χ2n) is 8.55. The fourth-order valence-electron chi connectivity index (χ4n) is 3.25. The number of sulfonamides is 1. The number of rotatable bonds is 3. The van der Waals surface area contributed by atoms with Gasteiger partial charge in [-0.2, -0.15) is 0 Å². The normalized spacial score (nSPS) is 16.3. The van der Waals surface area contributed by atoms with E-state index in [0.717, 1.165) is 4.31 Å². The molecule has 1 aromatic heterocycles. The average Bonchev–Trinajstić information content (AvgIpc) is 2.66. The van der Waals surface area contributed by atoms with Gasteiger partial charge in [0.1, 0.15) is 5.60 Å². The van der Waals surface area contributed by atoms with Gasteiger partial charge in [-0.05, 0) is 51.8 Å². The van der Waals surface area contributed by atoms with Gasteiger partial charge in [0, 0.05) is 33.1 Å². The summed E-state index contributed by atoms with van der Waals surface area (Å²) in [5.41, 5.74) is -0.798. The summed E-state index contributed by atoms with van der Waals surface area (Å²) in [6, 6.07) is 4.24. The predicted molar refractivity (Wildman–Crippen MR) is 111 cm³/mol. The molecule has 0 bridgehead atoms. The number of carbonyl (C=O) groups excluding carboxylic acids is 1. The molecule has 1 saturated heterocycles. The van der Waals surface area contributed by atoms with Crippen molar-refractivity contribution < 1.29 is 22.4 Å². The zero-order chi connectivity index (χ0) is 22.3. The van der Waals surface area contributed by atoms with E-state index in [0.29, 0.717) is 37.3 Å². The van der Waals surface area contributed by atoms with Crippen molar-refractivity contribution in [3.05, 3.63) is 34.5 Å². The standard InChI is InChI=1S/C20H27N3O6S/c1-20(2,3)29-19(25)23-10-8-13(9-11-23)17-21-16-7-6-14(30(26,27)22(4)5)12-15(16)18(24)28-17/h6-7,12-13H,8-11H2,1-5H3. The molecule has 0 N–H and O–H groups in total. The van der Waals surface area contributed by atoms with Crippen molar-refractivity contribution in [1.82, 2.24) is 14.2 Å². The number of hydrogen-bond acceptors (Lipinski definition) is 7. The first kappa shape index (κ1) is 22.2. The van der Waals surface area contributed by atoms with Gasteiger partial charge in [0.05, 0.1) is 15.8 Å². The van der Waals surface area contributed by atoms with E-state index in [2.05, 4.69) is 4.98 Å². The smallest absolute Gasteiger partial charge is 0.410 e. The highest BCUT2D eigenvalue weighted by molar-refractivity contribution is 7.89. The Morgan fingerprint density at radius 1 is 1.23 bits per heavy atom. The molecule has 9 nitrogen and oxygen atoms in total. The predicted octanol–water partition coefficient (Wildman–Crippen LogP) is 2.55. The first-order valence-corrected chi connectivity index (χ1v) is 11.2. The molecule has 0 spiro atoms. The third-order valence-electron chi connectivity index (χ3n) is 4.89. The van der Waals surface area contributed by atoms with E-state index in [1.807, 2.05) is 20.8 Å². The van der Waals surface area contributed by atoms with Gasteiger partial charge in [-0.3, -0.25) is 0 Å². The summed E-state index contributed by atoms with van der Waals surface area (Å²) in [7, 11) is -0.820. The fourth-order valence-corrected chi connectivity index (χ4v) is 4.18. The van der Waals surface area contributed by atoms with Gasteiger partial charge in [-0.25, -0.2) is 27.3 Å². The maximum absolute atomic E-state index is 12.5. The van der Waals surface area contributed by atoms with Crippen LogP contribution in [0.25, 0.3) is 10.9 Å². The number of piperidine rings is 1. The van der Waals surface area contributed by atoms with Crippen molar-refractivity contribution in [1.29, 1.82) is 0 Å². The van der Waals surface area contributed by atoms with Gasteiger partial charge in [0.25, 0.3) is 0 Å². The van der Waals surface area contributed by atoms with E-state index in [1.54, 1.807) is 4.90 Å². The highest BCUT2D eigenvalue weighted by Gasteiger charge is 2.29. The Bertz CT molecular complexity index is 1110. The third kappa shape index (κ3) is 4.65. The van der Waals surface area contributed by atoms with Gasteiger partial charge in [-0.15, -0.1) is 0 Å². The number of ether oxygens (including phenoxy) is 1. The van der Waals surface area contributed by atoms with Gasteiger partial charge in [-0.1, -0.05) is 0 Å². The van der Waals surface area contributed by atoms with Crippen LogP contribution in [0.4, 0.5) is 4.79 Å². The Hall–Kier alpha value is -2.46. The van der Waals surface area contributed by atoms with E-state index in [1.165, 1.54) is 32.3 Å². The maximum atomic E-state index is 12.5. The van der Waals surface area contributed by atoms with Crippen molar-refractivity contribution >= 4 is 27.0 Å². The van der Waals surface area contributed by atoms with E-state index in [4.69, 9.17) is 9.15 Å². The number of carbonyl (C=O) groups is 1. The first-order valence-electron chi connectivity index (χ1n) is 9.74. The minimum Gasteiger partial charge on any atom is -0.444 e. The van der Waals surface area contributed by atoms with Crippen LogP contribution in [0.1, 0.15) is 45.4 Å². The first-order chi connectivity index (χ1) is 13.9. The van der Waals surface area contributed by atoms with E-state index >= 15 is 0 Å². The third-order valence-corrected chi connectivity index (χ3v) is 6.70. The van der Waals surface area contributed by atoms with E-state index < -0.39 is 21.2 Å². The zero-order valence-electron chi connectivity index (χ0n) is 17.8. The van der Waals surface area contributed by atoms with Gasteiger partial charge in [0.2, 0.25) is 15.9 Å². The lowest BCUT2D eigenvalue weighted by Crippen LogP contribution is -2.41. The summed E-state index contributed by atoms with van der Waals surface area (Å²) in [5, 5.41) is 0.118. The highest BCUT2D eigenvalue weighted by atomic mass is 32.2.